The fourth-order valence-electron chi connectivity index (χ4n) is 3.23. The van der Waals surface area contributed by atoms with Gasteiger partial charge in [-0.25, -0.2) is 0 Å². The van der Waals surface area contributed by atoms with Gasteiger partial charge in [0.05, 0.1) is 27.3 Å². The average Bonchev–Trinajstić information content (AvgIpc) is 3.14. The number of carbonyl (C=O) groups excluding carboxylic acids is 2. The van der Waals surface area contributed by atoms with Crippen LogP contribution in [0.1, 0.15) is 37.4 Å². The van der Waals surface area contributed by atoms with Crippen molar-refractivity contribution in [2.45, 2.75) is 40.2 Å². The molecule has 1 heterocycles. The van der Waals surface area contributed by atoms with Crippen molar-refractivity contribution in [2.75, 3.05) is 33.9 Å². The molecule has 0 atom stereocenters. The van der Waals surface area contributed by atoms with Gasteiger partial charge in [-0.1, -0.05) is 13.0 Å². The second kappa shape index (κ2) is 11.3. The summed E-state index contributed by atoms with van der Waals surface area (Å²) in [4.78, 5) is 28.2. The van der Waals surface area contributed by atoms with Crippen LogP contribution in [0.15, 0.2) is 34.7 Å². The molecule has 2 rings (SSSR count). The zero-order chi connectivity index (χ0) is 22.1. The molecule has 0 radical (unpaired) electrons. The lowest BCUT2D eigenvalue weighted by molar-refractivity contribution is -0.140. The van der Waals surface area contributed by atoms with Crippen LogP contribution >= 0.6 is 0 Å². The third kappa shape index (κ3) is 6.54. The number of methoxy groups -OCH3 is 2. The van der Waals surface area contributed by atoms with E-state index in [1.54, 1.807) is 24.0 Å². The molecule has 1 aromatic heterocycles. The molecule has 2 aromatic rings. The van der Waals surface area contributed by atoms with Crippen LogP contribution in [0.25, 0.3) is 0 Å². The first-order chi connectivity index (χ1) is 14.4. The number of carbonyl (C=O) groups is 2. The Labute approximate surface area is 178 Å². The maximum absolute atomic E-state index is 13.0. The Hall–Kier alpha value is -2.96. The van der Waals surface area contributed by atoms with Gasteiger partial charge in [0.2, 0.25) is 11.8 Å². The highest BCUT2D eigenvalue weighted by Crippen LogP contribution is 2.27. The van der Waals surface area contributed by atoms with Gasteiger partial charge in [-0.3, -0.25) is 9.59 Å². The first-order valence-corrected chi connectivity index (χ1v) is 10.2. The number of ether oxygens (including phenoxy) is 2. The summed E-state index contributed by atoms with van der Waals surface area (Å²) in [5.41, 5.74) is 1.03. The van der Waals surface area contributed by atoms with Crippen molar-refractivity contribution in [3.8, 4) is 11.5 Å². The van der Waals surface area contributed by atoms with Crippen molar-refractivity contribution in [3.63, 3.8) is 0 Å². The fraction of sp³-hybridized carbons (Fsp3) is 0.478. The molecule has 7 heteroatoms. The number of benzene rings is 1. The molecule has 0 aliphatic rings. The summed E-state index contributed by atoms with van der Waals surface area (Å²) in [6, 6.07) is 9.48. The van der Waals surface area contributed by atoms with Gasteiger partial charge in [0.15, 0.2) is 11.5 Å². The van der Waals surface area contributed by atoms with Crippen LogP contribution < -0.4 is 9.47 Å². The lowest BCUT2D eigenvalue weighted by Crippen LogP contribution is -2.42. The Balaban J connectivity index is 2.14. The third-order valence-electron chi connectivity index (χ3n) is 4.88. The first kappa shape index (κ1) is 23.3. The van der Waals surface area contributed by atoms with Crippen LogP contribution in [0.3, 0.4) is 0 Å². The topological polar surface area (TPSA) is 72.2 Å². The van der Waals surface area contributed by atoms with Crippen molar-refractivity contribution < 1.29 is 23.5 Å². The molecule has 0 N–H and O–H groups in total. The van der Waals surface area contributed by atoms with E-state index in [4.69, 9.17) is 13.9 Å². The van der Waals surface area contributed by atoms with Gasteiger partial charge >= 0.3 is 0 Å². The predicted octanol–water partition coefficient (Wildman–Crippen LogP) is 3.44. The Morgan fingerprint density at radius 2 is 1.73 bits per heavy atom. The minimum absolute atomic E-state index is 0.0643. The maximum atomic E-state index is 13.0. The molecule has 164 valence electrons. The molecule has 7 nitrogen and oxygen atoms in total. The van der Waals surface area contributed by atoms with Gasteiger partial charge in [0.1, 0.15) is 11.5 Å². The van der Waals surface area contributed by atoms with E-state index in [9.17, 15) is 9.59 Å². The predicted molar refractivity (Wildman–Crippen MR) is 115 cm³/mol. The van der Waals surface area contributed by atoms with Gasteiger partial charge in [0.25, 0.3) is 0 Å². The summed E-state index contributed by atoms with van der Waals surface area (Å²) < 4.78 is 16.3. The average molecular weight is 417 g/mol. The lowest BCUT2D eigenvalue weighted by atomic mass is 10.1. The largest absolute Gasteiger partial charge is 0.493 e. The van der Waals surface area contributed by atoms with Crippen molar-refractivity contribution in [3.05, 3.63) is 47.4 Å². The molecule has 0 aliphatic carbocycles. The summed E-state index contributed by atoms with van der Waals surface area (Å²) in [5.74, 6) is 2.64. The molecule has 30 heavy (non-hydrogen) atoms. The van der Waals surface area contributed by atoms with E-state index in [0.29, 0.717) is 37.6 Å². The second-order valence-electron chi connectivity index (χ2n) is 7.21. The third-order valence-corrected chi connectivity index (χ3v) is 4.88. The van der Waals surface area contributed by atoms with E-state index in [1.165, 1.54) is 6.92 Å². The molecule has 0 saturated heterocycles. The van der Waals surface area contributed by atoms with Gasteiger partial charge < -0.3 is 23.7 Å². The van der Waals surface area contributed by atoms with E-state index in [-0.39, 0.29) is 18.4 Å². The quantitative estimate of drug-likeness (QED) is 0.561. The van der Waals surface area contributed by atoms with E-state index in [2.05, 4.69) is 0 Å². The number of hydrogen-bond acceptors (Lipinski definition) is 5. The molecule has 0 saturated carbocycles. The number of hydrogen-bond donors (Lipinski definition) is 0. The number of nitrogens with zero attached hydrogens (tertiary/aromatic N) is 2. The number of amides is 2. The minimum Gasteiger partial charge on any atom is -0.493 e. The van der Waals surface area contributed by atoms with Gasteiger partial charge in [0, 0.05) is 20.0 Å². The second-order valence-corrected chi connectivity index (χ2v) is 7.21. The lowest BCUT2D eigenvalue weighted by Gasteiger charge is -2.26. The van der Waals surface area contributed by atoms with E-state index in [1.807, 2.05) is 44.2 Å². The van der Waals surface area contributed by atoms with Gasteiger partial charge in [-0.2, -0.15) is 0 Å². The molecule has 2 amide bonds. The maximum Gasteiger partial charge on any atom is 0.242 e. The Morgan fingerprint density at radius 1 is 1.00 bits per heavy atom. The summed E-state index contributed by atoms with van der Waals surface area (Å²) in [7, 11) is 3.20. The first-order valence-electron chi connectivity index (χ1n) is 10.2. The summed E-state index contributed by atoms with van der Waals surface area (Å²) in [6.07, 6.45) is 1.44. The van der Waals surface area contributed by atoms with Crippen molar-refractivity contribution in [1.29, 1.82) is 0 Å². The minimum atomic E-state index is -0.104. The summed E-state index contributed by atoms with van der Waals surface area (Å²) >= 11 is 0. The van der Waals surface area contributed by atoms with Crippen LogP contribution in [0.2, 0.25) is 0 Å². The molecular weight excluding hydrogens is 384 g/mol. The summed E-state index contributed by atoms with van der Waals surface area (Å²) in [5, 5.41) is 0. The molecule has 0 aliphatic heterocycles. The zero-order valence-electron chi connectivity index (χ0n) is 18.6. The molecule has 0 bridgehead atoms. The van der Waals surface area contributed by atoms with Crippen LogP contribution in [-0.2, 0) is 22.6 Å². The van der Waals surface area contributed by atoms with E-state index in [0.717, 1.165) is 23.5 Å². The van der Waals surface area contributed by atoms with E-state index >= 15 is 0 Å². The molecular formula is C23H32N2O5. The molecule has 1 aromatic carbocycles. The normalized spacial score (nSPS) is 10.6. The highest BCUT2D eigenvalue weighted by atomic mass is 16.5. The van der Waals surface area contributed by atoms with Gasteiger partial charge in [-0.15, -0.1) is 0 Å². The number of rotatable bonds is 11. The number of furan rings is 1. The molecule has 0 unspecified atom stereocenters. The van der Waals surface area contributed by atoms with Crippen molar-refractivity contribution >= 4 is 11.8 Å². The fourth-order valence-corrected chi connectivity index (χ4v) is 3.23. The molecule has 0 fully saturated rings. The van der Waals surface area contributed by atoms with Crippen LogP contribution in [0.4, 0.5) is 0 Å². The van der Waals surface area contributed by atoms with E-state index < -0.39 is 0 Å². The van der Waals surface area contributed by atoms with Crippen LogP contribution in [0, 0.1) is 6.92 Å². The van der Waals surface area contributed by atoms with Crippen molar-refractivity contribution in [1.82, 2.24) is 9.80 Å². The zero-order valence-corrected chi connectivity index (χ0v) is 18.6. The summed E-state index contributed by atoms with van der Waals surface area (Å²) in [6.45, 7) is 6.83. The molecule has 0 spiro atoms. The number of aryl methyl sites for hydroxylation is 1. The Morgan fingerprint density at radius 3 is 2.30 bits per heavy atom. The Bertz CT molecular complexity index is 846. The van der Waals surface area contributed by atoms with Crippen LogP contribution in [-0.4, -0.2) is 55.5 Å². The highest BCUT2D eigenvalue weighted by molar-refractivity contribution is 5.83. The van der Waals surface area contributed by atoms with Crippen LogP contribution in [0.5, 0.6) is 11.5 Å². The smallest absolute Gasteiger partial charge is 0.242 e. The standard InChI is InChI=1S/C23H32N2O5/c1-6-12-24(18(3)26)16-23(27)25(15-20-9-7-17(2)30-20)13-11-19-8-10-21(28-4)22(14-19)29-5/h7-10,14H,6,11-13,15-16H2,1-5H3. The van der Waals surface area contributed by atoms with Crippen molar-refractivity contribution in [2.24, 2.45) is 0 Å². The SMILES string of the molecule is CCCN(CC(=O)N(CCc1ccc(OC)c(OC)c1)Cc1ccc(C)o1)C(C)=O. The monoisotopic (exact) mass is 416 g/mol. The highest BCUT2D eigenvalue weighted by Gasteiger charge is 2.20. The van der Waals surface area contributed by atoms with Gasteiger partial charge in [-0.05, 0) is 49.6 Å². The Kier molecular flexibility index (Phi) is 8.77.